The smallest absolute Gasteiger partial charge is 0.410 e. The van der Waals surface area contributed by atoms with E-state index in [1.807, 2.05) is 65.2 Å². The van der Waals surface area contributed by atoms with E-state index in [-0.39, 0.29) is 11.6 Å². The van der Waals surface area contributed by atoms with Crippen LogP contribution in [0, 0.1) is 0 Å². The zero-order valence-corrected chi connectivity index (χ0v) is 13.2. The number of hydrogen-bond donors (Lipinski definition) is 0. The molecule has 0 aliphatic heterocycles. The summed E-state index contributed by atoms with van der Waals surface area (Å²) in [6.45, 7) is 7.85. The van der Waals surface area contributed by atoms with Crippen LogP contribution in [-0.2, 0) is 11.3 Å². The summed E-state index contributed by atoms with van der Waals surface area (Å²) in [5.41, 5.74) is 0.756. The number of rotatable bonds is 5. The largest absolute Gasteiger partial charge is 0.445 e. The van der Waals surface area contributed by atoms with Gasteiger partial charge in [-0.2, -0.15) is 0 Å². The summed E-state index contributed by atoms with van der Waals surface area (Å²) in [5.74, 6) is 0. The summed E-state index contributed by atoms with van der Waals surface area (Å²) in [4.78, 5) is 16.1. The third-order valence-electron chi connectivity index (χ3n) is 3.01. The summed E-state index contributed by atoms with van der Waals surface area (Å²) in [6.07, 6.45) is -0.261. The van der Waals surface area contributed by atoms with Crippen LogP contribution < -0.4 is 0 Å². The highest BCUT2D eigenvalue weighted by atomic mass is 16.6. The number of amides is 1. The third kappa shape index (κ3) is 5.61. The van der Waals surface area contributed by atoms with Crippen molar-refractivity contribution in [2.75, 3.05) is 27.2 Å². The minimum atomic E-state index is -0.261. The van der Waals surface area contributed by atoms with Gasteiger partial charge in [-0.05, 0) is 40.4 Å². The molecule has 0 unspecified atom stereocenters. The van der Waals surface area contributed by atoms with Crippen molar-refractivity contribution < 1.29 is 9.53 Å². The lowest BCUT2D eigenvalue weighted by atomic mass is 10.1. The molecule has 1 rings (SSSR count). The Morgan fingerprint density at radius 3 is 2.20 bits per heavy atom. The van der Waals surface area contributed by atoms with Gasteiger partial charge >= 0.3 is 6.09 Å². The molecule has 0 saturated heterocycles. The second-order valence-corrected chi connectivity index (χ2v) is 6.17. The van der Waals surface area contributed by atoms with Crippen molar-refractivity contribution in [3.8, 4) is 0 Å². The van der Waals surface area contributed by atoms with E-state index in [1.54, 1.807) is 4.90 Å². The van der Waals surface area contributed by atoms with Crippen LogP contribution in [0.3, 0.4) is 0 Å². The third-order valence-corrected chi connectivity index (χ3v) is 3.01. The molecule has 0 fully saturated rings. The van der Waals surface area contributed by atoms with Crippen molar-refractivity contribution in [2.45, 2.75) is 32.9 Å². The quantitative estimate of drug-likeness (QED) is 0.830. The summed E-state index contributed by atoms with van der Waals surface area (Å²) in [7, 11) is 3.99. The second kappa shape index (κ2) is 7.29. The normalized spacial score (nSPS) is 11.5. The number of carbonyl (C=O) groups excluding carboxylic acids is 1. The van der Waals surface area contributed by atoms with Gasteiger partial charge in [-0.25, -0.2) is 4.79 Å². The second-order valence-electron chi connectivity index (χ2n) is 6.17. The van der Waals surface area contributed by atoms with Gasteiger partial charge in [0.1, 0.15) is 6.61 Å². The Labute approximate surface area is 122 Å². The number of ether oxygens (including phenoxy) is 1. The highest BCUT2D eigenvalue weighted by molar-refractivity contribution is 5.68. The van der Waals surface area contributed by atoms with Gasteiger partial charge in [-0.1, -0.05) is 30.3 Å². The van der Waals surface area contributed by atoms with Crippen molar-refractivity contribution in [2.24, 2.45) is 0 Å². The predicted molar refractivity (Wildman–Crippen MR) is 81.6 cm³/mol. The number of likely N-dealkylation sites (N-methyl/N-ethyl adjacent to an activating group) is 1. The molecule has 1 amide bonds. The van der Waals surface area contributed by atoms with Gasteiger partial charge in [-0.3, -0.25) is 0 Å². The Kier molecular flexibility index (Phi) is 6.02. The highest BCUT2D eigenvalue weighted by Crippen LogP contribution is 2.15. The van der Waals surface area contributed by atoms with E-state index in [1.165, 1.54) is 0 Å². The summed E-state index contributed by atoms with van der Waals surface area (Å²) in [6, 6.07) is 9.74. The first-order valence-corrected chi connectivity index (χ1v) is 6.94. The summed E-state index contributed by atoms with van der Waals surface area (Å²) in [5, 5.41) is 0. The van der Waals surface area contributed by atoms with Gasteiger partial charge < -0.3 is 14.5 Å². The van der Waals surface area contributed by atoms with Crippen LogP contribution in [0.5, 0.6) is 0 Å². The predicted octanol–water partition coefficient (Wildman–Crippen LogP) is 2.99. The van der Waals surface area contributed by atoms with Gasteiger partial charge in [0.2, 0.25) is 0 Å². The maximum atomic E-state index is 12.3. The maximum absolute atomic E-state index is 12.3. The van der Waals surface area contributed by atoms with Crippen LogP contribution in [-0.4, -0.2) is 48.6 Å². The molecular formula is C16H26N2O2. The lowest BCUT2D eigenvalue weighted by molar-refractivity contribution is 0.0597. The lowest BCUT2D eigenvalue weighted by Gasteiger charge is -2.35. The molecule has 0 spiro atoms. The Morgan fingerprint density at radius 1 is 1.10 bits per heavy atom. The molecule has 4 heteroatoms. The topological polar surface area (TPSA) is 32.8 Å². The Hall–Kier alpha value is -1.55. The molecule has 0 bridgehead atoms. The molecule has 1 aromatic carbocycles. The van der Waals surface area contributed by atoms with Crippen LogP contribution in [0.25, 0.3) is 0 Å². The summed E-state index contributed by atoms with van der Waals surface area (Å²) < 4.78 is 5.42. The number of hydrogen-bond acceptors (Lipinski definition) is 3. The fourth-order valence-corrected chi connectivity index (χ4v) is 1.80. The van der Waals surface area contributed by atoms with E-state index in [0.717, 1.165) is 12.1 Å². The molecule has 0 heterocycles. The molecule has 0 saturated carbocycles. The lowest BCUT2D eigenvalue weighted by Crippen LogP contribution is -2.48. The molecule has 20 heavy (non-hydrogen) atoms. The molecule has 0 aliphatic rings. The first-order chi connectivity index (χ1) is 9.30. The number of benzene rings is 1. The molecule has 1 aromatic rings. The van der Waals surface area contributed by atoms with Gasteiger partial charge in [-0.15, -0.1) is 0 Å². The SMILES string of the molecule is CN(C)CCN(C(=O)OCc1ccccc1)C(C)(C)C. The van der Waals surface area contributed by atoms with E-state index >= 15 is 0 Å². The Morgan fingerprint density at radius 2 is 1.70 bits per heavy atom. The average Bonchev–Trinajstić information content (AvgIpc) is 2.35. The molecule has 0 atom stereocenters. The van der Waals surface area contributed by atoms with Crippen molar-refractivity contribution in [3.63, 3.8) is 0 Å². The molecule has 0 N–H and O–H groups in total. The van der Waals surface area contributed by atoms with Crippen LogP contribution >= 0.6 is 0 Å². The van der Waals surface area contributed by atoms with E-state index < -0.39 is 0 Å². The fraction of sp³-hybridized carbons (Fsp3) is 0.562. The van der Waals surface area contributed by atoms with Gasteiger partial charge in [0.25, 0.3) is 0 Å². The maximum Gasteiger partial charge on any atom is 0.410 e. The molecular weight excluding hydrogens is 252 g/mol. The van der Waals surface area contributed by atoms with Crippen molar-refractivity contribution in [1.29, 1.82) is 0 Å². The van der Waals surface area contributed by atoms with Gasteiger partial charge in [0, 0.05) is 18.6 Å². The molecule has 112 valence electrons. The number of nitrogens with zero attached hydrogens (tertiary/aromatic N) is 2. The van der Waals surface area contributed by atoms with E-state index in [2.05, 4.69) is 4.90 Å². The number of carbonyl (C=O) groups is 1. The van der Waals surface area contributed by atoms with Gasteiger partial charge in [0.15, 0.2) is 0 Å². The van der Waals surface area contributed by atoms with Crippen molar-refractivity contribution >= 4 is 6.09 Å². The van der Waals surface area contributed by atoms with Crippen LogP contribution in [0.15, 0.2) is 30.3 Å². The first-order valence-electron chi connectivity index (χ1n) is 6.94. The van der Waals surface area contributed by atoms with Crippen molar-refractivity contribution in [1.82, 2.24) is 9.80 Å². The zero-order chi connectivity index (χ0) is 15.2. The highest BCUT2D eigenvalue weighted by Gasteiger charge is 2.27. The van der Waals surface area contributed by atoms with Gasteiger partial charge in [0.05, 0.1) is 0 Å². The molecule has 0 aliphatic carbocycles. The van der Waals surface area contributed by atoms with Crippen LogP contribution in [0.4, 0.5) is 4.79 Å². The Bertz CT molecular complexity index is 410. The monoisotopic (exact) mass is 278 g/mol. The van der Waals surface area contributed by atoms with Crippen LogP contribution in [0.2, 0.25) is 0 Å². The average molecular weight is 278 g/mol. The van der Waals surface area contributed by atoms with E-state index in [0.29, 0.717) is 13.2 Å². The van der Waals surface area contributed by atoms with Crippen LogP contribution in [0.1, 0.15) is 26.3 Å². The minimum Gasteiger partial charge on any atom is -0.445 e. The van der Waals surface area contributed by atoms with E-state index in [9.17, 15) is 4.79 Å². The zero-order valence-electron chi connectivity index (χ0n) is 13.2. The fourth-order valence-electron chi connectivity index (χ4n) is 1.80. The Balaban J connectivity index is 2.59. The molecule has 4 nitrogen and oxygen atoms in total. The molecule has 0 aromatic heterocycles. The molecule has 0 radical (unpaired) electrons. The standard InChI is InChI=1S/C16H26N2O2/c1-16(2,3)18(12-11-17(4)5)15(19)20-13-14-9-7-6-8-10-14/h6-10H,11-13H2,1-5H3. The van der Waals surface area contributed by atoms with E-state index in [4.69, 9.17) is 4.74 Å². The minimum absolute atomic E-state index is 0.246. The first kappa shape index (κ1) is 16.5. The van der Waals surface area contributed by atoms with Crippen molar-refractivity contribution in [3.05, 3.63) is 35.9 Å². The summed E-state index contributed by atoms with van der Waals surface area (Å²) >= 11 is 0.